The molecule has 1 aromatic heterocycles. The standard InChI is InChI=1S/C24H25ClN4O/c1-16-9-10-21-19(13-16)18-6-4-8-22-24(18)29(21)12-11-28(22)15-23(30)27-26-14-17-5-2-3-7-20(17)25/h2-3,5,7,9-10,13-14,22H,4,6,8,11-12,15H2,1H3,(H,27,30)/b26-14+. The van der Waals surface area contributed by atoms with Gasteiger partial charge in [0.1, 0.15) is 0 Å². The zero-order valence-electron chi connectivity index (χ0n) is 17.1. The van der Waals surface area contributed by atoms with E-state index < -0.39 is 0 Å². The quantitative estimate of drug-likeness (QED) is 0.501. The lowest BCUT2D eigenvalue weighted by Gasteiger charge is -2.39. The molecule has 2 heterocycles. The third-order valence-electron chi connectivity index (χ3n) is 6.28. The second-order valence-electron chi connectivity index (χ2n) is 8.23. The molecule has 1 amide bonds. The van der Waals surface area contributed by atoms with Gasteiger partial charge in [-0.3, -0.25) is 9.69 Å². The number of hydrazone groups is 1. The summed E-state index contributed by atoms with van der Waals surface area (Å²) in [6, 6.07) is 14.5. The van der Waals surface area contributed by atoms with Crippen LogP contribution in [0.15, 0.2) is 47.6 Å². The second kappa shape index (κ2) is 7.89. The van der Waals surface area contributed by atoms with Gasteiger partial charge in [0.15, 0.2) is 0 Å². The van der Waals surface area contributed by atoms with Gasteiger partial charge in [0, 0.05) is 40.3 Å². The number of nitrogens with zero attached hydrogens (tertiary/aromatic N) is 3. The first-order valence-electron chi connectivity index (χ1n) is 10.5. The summed E-state index contributed by atoms with van der Waals surface area (Å²) < 4.78 is 2.48. The Balaban J connectivity index is 1.33. The minimum Gasteiger partial charge on any atom is -0.342 e. The molecule has 1 N–H and O–H groups in total. The van der Waals surface area contributed by atoms with Crippen molar-refractivity contribution in [3.05, 3.63) is 69.9 Å². The molecule has 5 rings (SSSR count). The fraction of sp³-hybridized carbons (Fsp3) is 0.333. The van der Waals surface area contributed by atoms with Crippen LogP contribution >= 0.6 is 11.6 Å². The van der Waals surface area contributed by atoms with Gasteiger partial charge in [-0.15, -0.1) is 0 Å². The van der Waals surface area contributed by atoms with E-state index in [0.29, 0.717) is 17.6 Å². The van der Waals surface area contributed by atoms with E-state index in [9.17, 15) is 4.79 Å². The van der Waals surface area contributed by atoms with Crippen LogP contribution in [0, 0.1) is 6.92 Å². The van der Waals surface area contributed by atoms with Crippen LogP contribution in [0.3, 0.4) is 0 Å². The normalized spacial score (nSPS) is 18.7. The predicted octanol–water partition coefficient (Wildman–Crippen LogP) is 4.45. The molecule has 1 atom stereocenters. The van der Waals surface area contributed by atoms with E-state index in [2.05, 4.69) is 45.1 Å². The third kappa shape index (κ3) is 3.42. The van der Waals surface area contributed by atoms with Gasteiger partial charge in [-0.05, 0) is 49.9 Å². The van der Waals surface area contributed by atoms with Crippen LogP contribution in [0.2, 0.25) is 5.02 Å². The van der Waals surface area contributed by atoms with Crippen molar-refractivity contribution in [2.24, 2.45) is 5.10 Å². The summed E-state index contributed by atoms with van der Waals surface area (Å²) in [7, 11) is 0. The number of amides is 1. The number of aryl methyl sites for hydroxylation is 2. The number of fused-ring (bicyclic) bond motifs is 3. The molecule has 6 heteroatoms. The maximum Gasteiger partial charge on any atom is 0.254 e. The number of halogens is 1. The van der Waals surface area contributed by atoms with E-state index in [1.54, 1.807) is 12.3 Å². The SMILES string of the molecule is Cc1ccc2c(c1)c1c3n2CCN(CC(=O)N/N=C/c2ccccc2Cl)C3CCC1. The number of carbonyl (C=O) groups is 1. The second-order valence-corrected chi connectivity index (χ2v) is 8.64. The van der Waals surface area contributed by atoms with Gasteiger partial charge in [-0.1, -0.05) is 41.4 Å². The molecule has 0 bridgehead atoms. The topological polar surface area (TPSA) is 49.6 Å². The van der Waals surface area contributed by atoms with E-state index in [-0.39, 0.29) is 5.91 Å². The molecule has 1 unspecified atom stereocenters. The van der Waals surface area contributed by atoms with Gasteiger partial charge in [0.05, 0.1) is 18.8 Å². The minimum absolute atomic E-state index is 0.0918. The number of rotatable bonds is 4. The first-order valence-corrected chi connectivity index (χ1v) is 10.9. The number of benzene rings is 2. The van der Waals surface area contributed by atoms with Crippen molar-refractivity contribution in [1.82, 2.24) is 14.9 Å². The van der Waals surface area contributed by atoms with Crippen LogP contribution in [-0.2, 0) is 17.8 Å². The van der Waals surface area contributed by atoms with Crippen molar-refractivity contribution in [3.8, 4) is 0 Å². The fourth-order valence-corrected chi connectivity index (χ4v) is 5.14. The summed E-state index contributed by atoms with van der Waals surface area (Å²) in [6.07, 6.45) is 4.97. The van der Waals surface area contributed by atoms with Crippen LogP contribution in [-0.4, -0.2) is 34.7 Å². The zero-order chi connectivity index (χ0) is 20.7. The van der Waals surface area contributed by atoms with Gasteiger partial charge < -0.3 is 4.57 Å². The Hall–Kier alpha value is -2.63. The van der Waals surface area contributed by atoms with E-state index in [1.807, 2.05) is 18.2 Å². The molecule has 154 valence electrons. The van der Waals surface area contributed by atoms with Crippen LogP contribution in [0.25, 0.3) is 10.9 Å². The van der Waals surface area contributed by atoms with Crippen LogP contribution < -0.4 is 5.43 Å². The summed E-state index contributed by atoms with van der Waals surface area (Å²) in [6.45, 7) is 4.30. The van der Waals surface area contributed by atoms with E-state index >= 15 is 0 Å². The molecule has 0 spiro atoms. The van der Waals surface area contributed by atoms with Gasteiger partial charge in [-0.25, -0.2) is 5.43 Å². The van der Waals surface area contributed by atoms with E-state index in [0.717, 1.165) is 37.9 Å². The number of carbonyl (C=O) groups excluding carboxylic acids is 1. The van der Waals surface area contributed by atoms with Gasteiger partial charge in [0.2, 0.25) is 0 Å². The lowest BCUT2D eigenvalue weighted by atomic mass is 9.89. The maximum atomic E-state index is 12.6. The lowest BCUT2D eigenvalue weighted by Crippen LogP contribution is -2.44. The van der Waals surface area contributed by atoms with Crippen molar-refractivity contribution < 1.29 is 4.79 Å². The smallest absolute Gasteiger partial charge is 0.254 e. The fourth-order valence-electron chi connectivity index (χ4n) is 4.95. The number of hydrogen-bond donors (Lipinski definition) is 1. The summed E-state index contributed by atoms with van der Waals surface area (Å²) in [4.78, 5) is 14.9. The molecular weight excluding hydrogens is 396 g/mol. The van der Waals surface area contributed by atoms with E-state index in [1.165, 1.54) is 27.7 Å². The van der Waals surface area contributed by atoms with Crippen LogP contribution in [0.4, 0.5) is 0 Å². The van der Waals surface area contributed by atoms with Crippen molar-refractivity contribution in [2.45, 2.75) is 38.8 Å². The van der Waals surface area contributed by atoms with Crippen molar-refractivity contribution in [2.75, 3.05) is 13.1 Å². The Kier molecular flexibility index (Phi) is 5.09. The molecule has 30 heavy (non-hydrogen) atoms. The Labute approximate surface area is 181 Å². The molecule has 0 fully saturated rings. The van der Waals surface area contributed by atoms with Gasteiger partial charge in [-0.2, -0.15) is 5.10 Å². The molecule has 2 aliphatic rings. The van der Waals surface area contributed by atoms with Gasteiger partial charge in [0.25, 0.3) is 5.91 Å². The number of nitrogens with one attached hydrogen (secondary N) is 1. The van der Waals surface area contributed by atoms with Gasteiger partial charge >= 0.3 is 0 Å². The van der Waals surface area contributed by atoms with Crippen molar-refractivity contribution in [3.63, 3.8) is 0 Å². The average Bonchev–Trinajstić information content (AvgIpc) is 3.06. The largest absolute Gasteiger partial charge is 0.342 e. The van der Waals surface area contributed by atoms with Crippen molar-refractivity contribution in [1.29, 1.82) is 0 Å². The number of hydrogen-bond acceptors (Lipinski definition) is 3. The first-order chi connectivity index (χ1) is 14.6. The Bertz CT molecular complexity index is 1150. The highest BCUT2D eigenvalue weighted by Crippen LogP contribution is 2.42. The predicted molar refractivity (Wildman–Crippen MR) is 121 cm³/mol. The highest BCUT2D eigenvalue weighted by atomic mass is 35.5. The molecule has 2 aromatic carbocycles. The summed E-state index contributed by atoms with van der Waals surface area (Å²) >= 11 is 6.13. The van der Waals surface area contributed by atoms with E-state index in [4.69, 9.17) is 11.6 Å². The summed E-state index contributed by atoms with van der Waals surface area (Å²) in [5, 5.41) is 6.11. The third-order valence-corrected chi connectivity index (χ3v) is 6.63. The highest BCUT2D eigenvalue weighted by Gasteiger charge is 2.35. The Morgan fingerprint density at radius 3 is 3.00 bits per heavy atom. The minimum atomic E-state index is -0.0918. The molecular formula is C24H25ClN4O. The molecule has 0 radical (unpaired) electrons. The molecule has 1 aliphatic carbocycles. The maximum absolute atomic E-state index is 12.6. The number of aromatic nitrogens is 1. The first kappa shape index (κ1) is 19.3. The molecule has 0 saturated heterocycles. The zero-order valence-corrected chi connectivity index (χ0v) is 17.8. The lowest BCUT2D eigenvalue weighted by molar-refractivity contribution is -0.123. The van der Waals surface area contributed by atoms with Crippen LogP contribution in [0.1, 0.15) is 41.3 Å². The molecule has 1 aliphatic heterocycles. The Morgan fingerprint density at radius 1 is 1.27 bits per heavy atom. The summed E-state index contributed by atoms with van der Waals surface area (Å²) in [5.41, 5.74) is 8.99. The average molecular weight is 421 g/mol. The monoisotopic (exact) mass is 420 g/mol. The molecule has 0 saturated carbocycles. The van der Waals surface area contributed by atoms with Crippen LogP contribution in [0.5, 0.6) is 0 Å². The summed E-state index contributed by atoms with van der Waals surface area (Å²) in [5.74, 6) is -0.0918. The molecule has 5 nitrogen and oxygen atoms in total. The van der Waals surface area contributed by atoms with Crippen molar-refractivity contribution >= 4 is 34.6 Å². The Morgan fingerprint density at radius 2 is 2.13 bits per heavy atom. The highest BCUT2D eigenvalue weighted by molar-refractivity contribution is 6.33. The molecule has 3 aromatic rings.